The molecule has 29 heavy (non-hydrogen) atoms. The summed E-state index contributed by atoms with van der Waals surface area (Å²) in [6.07, 6.45) is 4.21. The highest BCUT2D eigenvalue weighted by Gasteiger charge is 2.23. The number of fused-ring (bicyclic) bond motifs is 3. The zero-order valence-corrected chi connectivity index (χ0v) is 18.7. The van der Waals surface area contributed by atoms with Crippen molar-refractivity contribution in [3.05, 3.63) is 39.8 Å². The molecule has 7 heteroatoms. The van der Waals surface area contributed by atoms with Crippen LogP contribution in [0, 0.1) is 12.8 Å². The number of para-hydroxylation sites is 1. The molecule has 0 radical (unpaired) electrons. The van der Waals surface area contributed by atoms with Crippen LogP contribution in [0.1, 0.15) is 41.8 Å². The Hall–Kier alpha value is -2.12. The molecule has 1 atom stereocenters. The summed E-state index contributed by atoms with van der Waals surface area (Å²) in [5.41, 5.74) is 10.8. The molecule has 0 spiro atoms. The standard InChI is InChI=1S/C22H26N4OS2/c1-4-14-7-5-6-13(3)19(14)24-17(27)11-28-22-25-20(23)18-15-9-8-12(2)10-16(15)29-21(18)26-22/h5-7,12H,4,8-11H2,1-3H3,(H,24,27)(H2,23,25,26). The zero-order chi connectivity index (χ0) is 20.5. The van der Waals surface area contributed by atoms with E-state index in [9.17, 15) is 4.79 Å². The Morgan fingerprint density at radius 1 is 1.38 bits per heavy atom. The van der Waals surface area contributed by atoms with Crippen LogP contribution in [-0.2, 0) is 24.1 Å². The van der Waals surface area contributed by atoms with Crippen LogP contribution in [-0.4, -0.2) is 21.6 Å². The van der Waals surface area contributed by atoms with E-state index in [1.807, 2.05) is 25.1 Å². The van der Waals surface area contributed by atoms with Crippen LogP contribution in [0.15, 0.2) is 23.4 Å². The average molecular weight is 427 g/mol. The lowest BCUT2D eigenvalue weighted by atomic mass is 9.89. The summed E-state index contributed by atoms with van der Waals surface area (Å²) in [7, 11) is 0. The molecule has 0 fully saturated rings. The van der Waals surface area contributed by atoms with Gasteiger partial charge in [0.15, 0.2) is 5.16 Å². The van der Waals surface area contributed by atoms with Gasteiger partial charge in [0, 0.05) is 10.6 Å². The molecule has 1 aliphatic rings. The first-order chi connectivity index (χ1) is 14.0. The average Bonchev–Trinajstić information content (AvgIpc) is 3.05. The first-order valence-electron chi connectivity index (χ1n) is 10.0. The normalized spacial score (nSPS) is 16.0. The molecular weight excluding hydrogens is 400 g/mol. The SMILES string of the molecule is CCc1cccc(C)c1NC(=O)CSc1nc(N)c2c3c(sc2n1)CC(C)CC3. The minimum Gasteiger partial charge on any atom is -0.383 e. The Kier molecular flexibility index (Phi) is 5.79. The van der Waals surface area contributed by atoms with E-state index in [0.29, 0.717) is 16.9 Å². The van der Waals surface area contributed by atoms with Crippen LogP contribution < -0.4 is 11.1 Å². The van der Waals surface area contributed by atoms with Gasteiger partial charge in [0.1, 0.15) is 10.6 Å². The van der Waals surface area contributed by atoms with Crippen molar-refractivity contribution in [1.82, 2.24) is 9.97 Å². The third-order valence-corrected chi connectivity index (χ3v) is 7.49. The molecule has 0 saturated carbocycles. The predicted octanol–water partition coefficient (Wildman–Crippen LogP) is 5.00. The minimum atomic E-state index is -0.0550. The van der Waals surface area contributed by atoms with Crippen molar-refractivity contribution in [3.63, 3.8) is 0 Å². The van der Waals surface area contributed by atoms with E-state index in [1.165, 1.54) is 28.6 Å². The number of hydrogen-bond acceptors (Lipinski definition) is 6. The fourth-order valence-corrected chi connectivity index (χ4v) is 6.02. The number of nitrogens with zero attached hydrogens (tertiary/aromatic N) is 2. The molecule has 4 rings (SSSR count). The van der Waals surface area contributed by atoms with Gasteiger partial charge in [-0.25, -0.2) is 9.97 Å². The molecule has 2 aromatic heterocycles. The maximum Gasteiger partial charge on any atom is 0.234 e. The Morgan fingerprint density at radius 2 is 2.21 bits per heavy atom. The van der Waals surface area contributed by atoms with Gasteiger partial charge in [-0.1, -0.05) is 43.8 Å². The summed E-state index contributed by atoms with van der Waals surface area (Å²) in [5, 5.41) is 4.65. The van der Waals surface area contributed by atoms with E-state index in [0.717, 1.165) is 46.3 Å². The number of amides is 1. The lowest BCUT2D eigenvalue weighted by Crippen LogP contribution is -2.16. The van der Waals surface area contributed by atoms with Crippen molar-refractivity contribution < 1.29 is 4.79 Å². The molecule has 1 aromatic carbocycles. The highest BCUT2D eigenvalue weighted by atomic mass is 32.2. The predicted molar refractivity (Wildman–Crippen MR) is 123 cm³/mol. The number of nitrogens with one attached hydrogen (secondary N) is 1. The Morgan fingerprint density at radius 3 is 3.00 bits per heavy atom. The number of carbonyl (C=O) groups is 1. The summed E-state index contributed by atoms with van der Waals surface area (Å²) in [5.74, 6) is 1.44. The highest BCUT2D eigenvalue weighted by molar-refractivity contribution is 7.99. The number of rotatable bonds is 5. The van der Waals surface area contributed by atoms with Crippen LogP contribution in [0.25, 0.3) is 10.2 Å². The van der Waals surface area contributed by atoms with Crippen LogP contribution in [0.2, 0.25) is 0 Å². The Labute approximate surface area is 179 Å². The first kappa shape index (κ1) is 20.2. The monoisotopic (exact) mass is 426 g/mol. The molecule has 5 nitrogen and oxygen atoms in total. The molecular formula is C22H26N4OS2. The van der Waals surface area contributed by atoms with Gasteiger partial charge in [-0.15, -0.1) is 11.3 Å². The lowest BCUT2D eigenvalue weighted by molar-refractivity contribution is -0.113. The fourth-order valence-electron chi connectivity index (χ4n) is 3.92. The molecule has 152 valence electrons. The third kappa shape index (κ3) is 4.12. The maximum atomic E-state index is 12.5. The first-order valence-corrected chi connectivity index (χ1v) is 11.8. The van der Waals surface area contributed by atoms with Crippen LogP contribution >= 0.6 is 23.1 Å². The number of nitrogen functional groups attached to an aromatic ring is 1. The topological polar surface area (TPSA) is 80.9 Å². The van der Waals surface area contributed by atoms with Crippen molar-refractivity contribution >= 4 is 50.7 Å². The number of aromatic nitrogens is 2. The molecule has 1 aliphatic carbocycles. The quantitative estimate of drug-likeness (QED) is 0.443. The van der Waals surface area contributed by atoms with Crippen LogP contribution in [0.3, 0.4) is 0 Å². The van der Waals surface area contributed by atoms with Gasteiger partial charge < -0.3 is 11.1 Å². The van der Waals surface area contributed by atoms with Gasteiger partial charge in [0.25, 0.3) is 0 Å². The van der Waals surface area contributed by atoms with Gasteiger partial charge in [-0.2, -0.15) is 0 Å². The lowest BCUT2D eigenvalue weighted by Gasteiger charge is -2.17. The second-order valence-electron chi connectivity index (χ2n) is 7.72. The number of thiophene rings is 1. The molecule has 1 unspecified atom stereocenters. The number of nitrogens with two attached hydrogens (primary N) is 1. The minimum absolute atomic E-state index is 0.0550. The van der Waals surface area contributed by atoms with Crippen molar-refractivity contribution in [2.45, 2.75) is 51.6 Å². The maximum absolute atomic E-state index is 12.5. The Balaban J connectivity index is 1.50. The van der Waals surface area contributed by atoms with Crippen molar-refractivity contribution in [2.24, 2.45) is 5.92 Å². The summed E-state index contributed by atoms with van der Waals surface area (Å²) < 4.78 is 0. The number of thioether (sulfide) groups is 1. The Bertz CT molecular complexity index is 1080. The van der Waals surface area contributed by atoms with Crippen molar-refractivity contribution in [2.75, 3.05) is 16.8 Å². The van der Waals surface area contributed by atoms with Crippen LogP contribution in [0.4, 0.5) is 11.5 Å². The van der Waals surface area contributed by atoms with Gasteiger partial charge >= 0.3 is 0 Å². The summed E-state index contributed by atoms with van der Waals surface area (Å²) in [4.78, 5) is 24.1. The van der Waals surface area contributed by atoms with Crippen molar-refractivity contribution in [3.8, 4) is 0 Å². The van der Waals surface area contributed by atoms with Gasteiger partial charge in [0.05, 0.1) is 11.1 Å². The molecule has 1 amide bonds. The van der Waals surface area contributed by atoms with Gasteiger partial charge in [-0.05, 0) is 55.2 Å². The van der Waals surface area contributed by atoms with E-state index in [-0.39, 0.29) is 11.7 Å². The fraction of sp³-hybridized carbons (Fsp3) is 0.409. The van der Waals surface area contributed by atoms with E-state index in [1.54, 1.807) is 11.3 Å². The number of carbonyl (C=O) groups excluding carboxylic acids is 1. The third-order valence-electron chi connectivity index (χ3n) is 5.50. The van der Waals surface area contributed by atoms with Crippen LogP contribution in [0.5, 0.6) is 0 Å². The summed E-state index contributed by atoms with van der Waals surface area (Å²) >= 11 is 3.07. The molecule has 0 aliphatic heterocycles. The molecule has 3 N–H and O–H groups in total. The van der Waals surface area contributed by atoms with Gasteiger partial charge in [0.2, 0.25) is 5.91 Å². The number of hydrogen-bond donors (Lipinski definition) is 2. The molecule has 0 bridgehead atoms. The second kappa shape index (κ2) is 8.32. The van der Waals surface area contributed by atoms with E-state index < -0.39 is 0 Å². The summed E-state index contributed by atoms with van der Waals surface area (Å²) in [6.45, 7) is 6.39. The largest absolute Gasteiger partial charge is 0.383 e. The molecule has 3 aromatic rings. The molecule has 0 saturated heterocycles. The number of anilines is 2. The van der Waals surface area contributed by atoms with E-state index in [2.05, 4.69) is 24.1 Å². The number of benzene rings is 1. The van der Waals surface area contributed by atoms with Gasteiger partial charge in [-0.3, -0.25) is 4.79 Å². The van der Waals surface area contributed by atoms with E-state index in [4.69, 9.17) is 10.7 Å². The number of aryl methyl sites for hydroxylation is 3. The highest BCUT2D eigenvalue weighted by Crippen LogP contribution is 2.39. The summed E-state index contributed by atoms with van der Waals surface area (Å²) in [6, 6.07) is 6.08. The van der Waals surface area contributed by atoms with Crippen molar-refractivity contribution in [1.29, 1.82) is 0 Å². The second-order valence-corrected chi connectivity index (χ2v) is 9.75. The zero-order valence-electron chi connectivity index (χ0n) is 17.0. The van der Waals surface area contributed by atoms with E-state index >= 15 is 0 Å². The smallest absolute Gasteiger partial charge is 0.234 e. The molecule has 2 heterocycles.